The number of hydrogen-bond donors (Lipinski definition) is 1. The summed E-state index contributed by atoms with van der Waals surface area (Å²) in [4.78, 5) is 11.9. The van der Waals surface area contributed by atoms with Gasteiger partial charge in [0.15, 0.2) is 4.77 Å². The Bertz CT molecular complexity index is 820. The highest BCUT2D eigenvalue weighted by atomic mass is 32.1. The summed E-state index contributed by atoms with van der Waals surface area (Å²) in [5, 5.41) is 0. The summed E-state index contributed by atoms with van der Waals surface area (Å²) in [7, 11) is 0. The summed E-state index contributed by atoms with van der Waals surface area (Å²) in [5.74, 6) is 0.815. The first-order valence-corrected chi connectivity index (χ1v) is 7.21. The van der Waals surface area contributed by atoms with Crippen LogP contribution in [-0.2, 0) is 6.54 Å². The number of fused-ring (bicyclic) bond motifs is 1. The van der Waals surface area contributed by atoms with E-state index in [9.17, 15) is 0 Å². The van der Waals surface area contributed by atoms with Crippen LogP contribution < -0.4 is 4.74 Å². The fourth-order valence-corrected chi connectivity index (χ4v) is 2.51. The van der Waals surface area contributed by atoms with Gasteiger partial charge in [0.1, 0.15) is 11.3 Å². The Morgan fingerprint density at radius 1 is 1.29 bits per heavy atom. The van der Waals surface area contributed by atoms with E-state index >= 15 is 0 Å². The molecule has 2 heterocycles. The number of aryl methyl sites for hydroxylation is 1. The molecule has 0 aliphatic rings. The molecule has 0 spiro atoms. The van der Waals surface area contributed by atoms with Crippen LogP contribution in [0.5, 0.6) is 5.75 Å². The molecule has 3 rings (SSSR count). The molecule has 0 aliphatic carbocycles. The van der Waals surface area contributed by atoms with Crippen LogP contribution >= 0.6 is 12.2 Å². The molecule has 0 aliphatic heterocycles. The summed E-state index contributed by atoms with van der Waals surface area (Å²) in [6.07, 6.45) is 3.54. The van der Waals surface area contributed by atoms with Crippen molar-refractivity contribution in [2.45, 2.75) is 20.4 Å². The number of nitrogens with one attached hydrogen (secondary N) is 1. The second-order valence-corrected chi connectivity index (χ2v) is 5.14. The number of imidazole rings is 1. The zero-order valence-corrected chi connectivity index (χ0v) is 12.8. The van der Waals surface area contributed by atoms with Crippen LogP contribution in [0.15, 0.2) is 30.6 Å². The fraction of sp³-hybridized carbons (Fsp3) is 0.267. The van der Waals surface area contributed by atoms with E-state index in [0.717, 1.165) is 28.2 Å². The topological polar surface area (TPSA) is 55.7 Å². The van der Waals surface area contributed by atoms with E-state index in [-0.39, 0.29) is 0 Å². The standard InChI is InChI=1S/C15H16N4OS/c1-3-20-13-6-4-5-12-14(13)18-15(21)19(12)9-11-8-16-10(2)7-17-11/h4-8H,3,9H2,1-2H3,(H,18,21). The quantitative estimate of drug-likeness (QED) is 0.752. The molecule has 2 aromatic heterocycles. The second-order valence-electron chi connectivity index (χ2n) is 4.75. The molecule has 0 unspecified atom stereocenters. The van der Waals surface area contributed by atoms with Gasteiger partial charge in [0.05, 0.1) is 36.3 Å². The van der Waals surface area contributed by atoms with Crippen molar-refractivity contribution < 1.29 is 4.74 Å². The van der Waals surface area contributed by atoms with Gasteiger partial charge < -0.3 is 14.3 Å². The van der Waals surface area contributed by atoms with Crippen molar-refractivity contribution in [3.63, 3.8) is 0 Å². The van der Waals surface area contributed by atoms with Gasteiger partial charge in [-0.2, -0.15) is 0 Å². The van der Waals surface area contributed by atoms with Gasteiger partial charge in [-0.25, -0.2) is 0 Å². The van der Waals surface area contributed by atoms with Crippen molar-refractivity contribution in [2.75, 3.05) is 6.61 Å². The Labute approximate surface area is 127 Å². The summed E-state index contributed by atoms with van der Waals surface area (Å²) in [6.45, 7) is 5.09. The van der Waals surface area contributed by atoms with Gasteiger partial charge in [-0.1, -0.05) is 6.07 Å². The van der Waals surface area contributed by atoms with Crippen molar-refractivity contribution in [1.29, 1.82) is 0 Å². The summed E-state index contributed by atoms with van der Waals surface area (Å²) >= 11 is 5.43. The zero-order chi connectivity index (χ0) is 14.8. The van der Waals surface area contributed by atoms with Gasteiger partial charge in [-0.3, -0.25) is 9.97 Å². The van der Waals surface area contributed by atoms with Gasteiger partial charge in [0, 0.05) is 6.20 Å². The first-order valence-electron chi connectivity index (χ1n) is 6.81. The Morgan fingerprint density at radius 2 is 2.14 bits per heavy atom. The van der Waals surface area contributed by atoms with E-state index in [0.29, 0.717) is 17.9 Å². The average Bonchev–Trinajstić information content (AvgIpc) is 2.79. The van der Waals surface area contributed by atoms with Gasteiger partial charge in [-0.15, -0.1) is 0 Å². The van der Waals surface area contributed by atoms with Crippen LogP contribution in [-0.4, -0.2) is 26.1 Å². The zero-order valence-electron chi connectivity index (χ0n) is 12.0. The van der Waals surface area contributed by atoms with Crippen LogP contribution in [0.4, 0.5) is 0 Å². The summed E-state index contributed by atoms with van der Waals surface area (Å²) in [6, 6.07) is 5.92. The average molecular weight is 300 g/mol. The molecule has 6 heteroatoms. The van der Waals surface area contributed by atoms with Crippen molar-refractivity contribution in [3.05, 3.63) is 46.8 Å². The van der Waals surface area contributed by atoms with Gasteiger partial charge in [-0.05, 0) is 38.2 Å². The first kappa shape index (κ1) is 13.8. The molecule has 1 aromatic carbocycles. The SMILES string of the molecule is CCOc1cccc2c1[nH]c(=S)n2Cc1cnc(C)cn1. The van der Waals surface area contributed by atoms with Crippen molar-refractivity contribution in [3.8, 4) is 5.75 Å². The molecule has 0 bridgehead atoms. The third kappa shape index (κ3) is 2.67. The van der Waals surface area contributed by atoms with E-state index < -0.39 is 0 Å². The number of aromatic nitrogens is 4. The van der Waals surface area contributed by atoms with Crippen LogP contribution in [0.1, 0.15) is 18.3 Å². The fourth-order valence-electron chi connectivity index (χ4n) is 2.25. The minimum atomic E-state index is 0.585. The molecule has 0 radical (unpaired) electrons. The summed E-state index contributed by atoms with van der Waals surface area (Å²) < 4.78 is 8.29. The largest absolute Gasteiger partial charge is 0.492 e. The first-order chi connectivity index (χ1) is 10.2. The molecule has 0 atom stereocenters. The van der Waals surface area contributed by atoms with E-state index in [1.165, 1.54) is 0 Å². The van der Waals surface area contributed by atoms with Gasteiger partial charge in [0.25, 0.3) is 0 Å². The van der Waals surface area contributed by atoms with E-state index in [4.69, 9.17) is 17.0 Å². The molecule has 0 amide bonds. The molecule has 21 heavy (non-hydrogen) atoms. The van der Waals surface area contributed by atoms with Crippen molar-refractivity contribution in [1.82, 2.24) is 19.5 Å². The molecule has 0 saturated heterocycles. The maximum absolute atomic E-state index is 5.63. The van der Waals surface area contributed by atoms with Gasteiger partial charge in [0.2, 0.25) is 0 Å². The molecule has 108 valence electrons. The molecular weight excluding hydrogens is 284 g/mol. The lowest BCUT2D eigenvalue weighted by molar-refractivity contribution is 0.343. The maximum atomic E-state index is 5.63. The monoisotopic (exact) mass is 300 g/mol. The predicted molar refractivity (Wildman–Crippen MR) is 84.2 cm³/mol. The highest BCUT2D eigenvalue weighted by Crippen LogP contribution is 2.25. The highest BCUT2D eigenvalue weighted by Gasteiger charge is 2.10. The molecular formula is C15H16N4OS. The van der Waals surface area contributed by atoms with E-state index in [1.807, 2.05) is 36.6 Å². The number of aromatic amines is 1. The Hall–Kier alpha value is -2.21. The molecule has 0 fully saturated rings. The number of H-pyrrole nitrogens is 1. The van der Waals surface area contributed by atoms with E-state index in [1.54, 1.807) is 12.4 Å². The predicted octanol–water partition coefficient (Wildman–Crippen LogP) is 3.24. The second kappa shape index (κ2) is 5.65. The minimum Gasteiger partial charge on any atom is -0.492 e. The minimum absolute atomic E-state index is 0.585. The number of benzene rings is 1. The third-order valence-electron chi connectivity index (χ3n) is 3.23. The smallest absolute Gasteiger partial charge is 0.178 e. The lowest BCUT2D eigenvalue weighted by Gasteiger charge is -2.06. The number of para-hydroxylation sites is 1. The highest BCUT2D eigenvalue weighted by molar-refractivity contribution is 7.71. The molecule has 5 nitrogen and oxygen atoms in total. The Kier molecular flexibility index (Phi) is 3.70. The Balaban J connectivity index is 2.06. The number of ether oxygens (including phenoxy) is 1. The van der Waals surface area contributed by atoms with Gasteiger partial charge >= 0.3 is 0 Å². The molecule has 1 N–H and O–H groups in total. The molecule has 0 saturated carbocycles. The lowest BCUT2D eigenvalue weighted by Crippen LogP contribution is -2.03. The summed E-state index contributed by atoms with van der Waals surface area (Å²) in [5.41, 5.74) is 3.71. The Morgan fingerprint density at radius 3 is 2.86 bits per heavy atom. The van der Waals surface area contributed by atoms with Crippen molar-refractivity contribution >= 4 is 23.3 Å². The number of nitrogens with zero attached hydrogens (tertiary/aromatic N) is 3. The lowest BCUT2D eigenvalue weighted by atomic mass is 10.3. The third-order valence-corrected chi connectivity index (χ3v) is 3.55. The van der Waals surface area contributed by atoms with Crippen LogP contribution in [0.25, 0.3) is 11.0 Å². The van der Waals surface area contributed by atoms with Crippen LogP contribution in [0.2, 0.25) is 0 Å². The maximum Gasteiger partial charge on any atom is 0.178 e. The molecule has 3 aromatic rings. The van der Waals surface area contributed by atoms with Crippen LogP contribution in [0.3, 0.4) is 0 Å². The number of hydrogen-bond acceptors (Lipinski definition) is 4. The van der Waals surface area contributed by atoms with E-state index in [2.05, 4.69) is 15.0 Å². The van der Waals surface area contributed by atoms with Crippen molar-refractivity contribution in [2.24, 2.45) is 0 Å². The normalized spacial score (nSPS) is 11.0. The van der Waals surface area contributed by atoms with Crippen LogP contribution in [0, 0.1) is 11.7 Å². The number of rotatable bonds is 4.